The number of benzene rings is 1. The third-order valence-corrected chi connectivity index (χ3v) is 3.42. The molecule has 0 aliphatic carbocycles. The van der Waals surface area contributed by atoms with Crippen LogP contribution in [0.1, 0.15) is 0 Å². The molecule has 14 heavy (non-hydrogen) atoms. The van der Waals surface area contributed by atoms with Crippen molar-refractivity contribution in [3.63, 3.8) is 0 Å². The highest BCUT2D eigenvalue weighted by Gasteiger charge is 2.18. The van der Waals surface area contributed by atoms with Crippen molar-refractivity contribution >= 4 is 43.0 Å². The van der Waals surface area contributed by atoms with E-state index in [1.54, 1.807) is 6.07 Å². The first-order valence-corrected chi connectivity index (χ1v) is 5.22. The molecule has 6 heteroatoms. The van der Waals surface area contributed by atoms with Gasteiger partial charge in [-0.1, -0.05) is 0 Å². The molecule has 0 aliphatic rings. The number of hydrogen-bond donors (Lipinski definition) is 0. The molecule has 0 amide bonds. The Hall–Kier alpha value is -1.01. The molecule has 0 unspecified atom stereocenters. The Bertz CT molecular complexity index is 525. The van der Waals surface area contributed by atoms with Crippen molar-refractivity contribution in [1.29, 1.82) is 0 Å². The standard InChI is InChI=1S/C8H3BrFNO2S/c9-6-3-4-1-2-5(11(12)13)7(10)8(4)14-6/h1-3H. The summed E-state index contributed by atoms with van der Waals surface area (Å²) in [7, 11) is 0. The maximum atomic E-state index is 13.5. The van der Waals surface area contributed by atoms with Crippen LogP contribution in [0.3, 0.4) is 0 Å². The van der Waals surface area contributed by atoms with Gasteiger partial charge in [0, 0.05) is 6.07 Å². The number of fused-ring (bicyclic) bond motifs is 1. The van der Waals surface area contributed by atoms with Crippen molar-refractivity contribution in [3.8, 4) is 0 Å². The minimum atomic E-state index is -0.761. The SMILES string of the molecule is O=[N+]([O-])c1ccc2cc(Br)sc2c1F. The highest BCUT2D eigenvalue weighted by Crippen LogP contribution is 2.35. The van der Waals surface area contributed by atoms with Crippen LogP contribution in [-0.2, 0) is 0 Å². The summed E-state index contributed by atoms with van der Waals surface area (Å²) in [5.41, 5.74) is -0.480. The molecule has 0 atom stereocenters. The molecule has 2 aromatic rings. The summed E-state index contributed by atoms with van der Waals surface area (Å²) in [6.45, 7) is 0. The zero-order chi connectivity index (χ0) is 10.3. The lowest BCUT2D eigenvalue weighted by molar-refractivity contribution is -0.387. The van der Waals surface area contributed by atoms with Crippen LogP contribution in [-0.4, -0.2) is 4.92 Å². The third kappa shape index (κ3) is 1.40. The van der Waals surface area contributed by atoms with Gasteiger partial charge in [-0.15, -0.1) is 11.3 Å². The fraction of sp³-hybridized carbons (Fsp3) is 0. The number of nitrogens with zero attached hydrogens (tertiary/aromatic N) is 1. The second-order valence-corrected chi connectivity index (χ2v) is 5.06. The molecular formula is C8H3BrFNO2S. The lowest BCUT2D eigenvalue weighted by Gasteiger charge is -1.93. The predicted molar refractivity (Wildman–Crippen MR) is 56.1 cm³/mol. The monoisotopic (exact) mass is 275 g/mol. The Morgan fingerprint density at radius 2 is 2.21 bits per heavy atom. The van der Waals surface area contributed by atoms with Crippen LogP contribution in [0, 0.1) is 15.9 Å². The van der Waals surface area contributed by atoms with E-state index in [-0.39, 0.29) is 0 Å². The Morgan fingerprint density at radius 1 is 1.50 bits per heavy atom. The predicted octanol–water partition coefficient (Wildman–Crippen LogP) is 3.71. The normalized spacial score (nSPS) is 10.7. The van der Waals surface area contributed by atoms with Crippen LogP contribution in [0.4, 0.5) is 10.1 Å². The third-order valence-electron chi connectivity index (χ3n) is 1.77. The topological polar surface area (TPSA) is 43.1 Å². The minimum Gasteiger partial charge on any atom is -0.258 e. The average molecular weight is 276 g/mol. The van der Waals surface area contributed by atoms with Gasteiger partial charge >= 0.3 is 5.69 Å². The maximum Gasteiger partial charge on any atom is 0.306 e. The van der Waals surface area contributed by atoms with E-state index in [1.165, 1.54) is 12.1 Å². The van der Waals surface area contributed by atoms with Crippen LogP contribution in [0.15, 0.2) is 22.0 Å². The quantitative estimate of drug-likeness (QED) is 0.588. The summed E-state index contributed by atoms with van der Waals surface area (Å²) >= 11 is 4.35. The van der Waals surface area contributed by atoms with Gasteiger partial charge in [0.05, 0.1) is 13.4 Å². The van der Waals surface area contributed by atoms with E-state index >= 15 is 0 Å². The Morgan fingerprint density at radius 3 is 2.86 bits per heavy atom. The number of rotatable bonds is 1. The van der Waals surface area contributed by atoms with Crippen molar-refractivity contribution < 1.29 is 9.31 Å². The first kappa shape index (κ1) is 9.54. The molecule has 0 aliphatic heterocycles. The summed E-state index contributed by atoms with van der Waals surface area (Å²) < 4.78 is 14.5. The van der Waals surface area contributed by atoms with Gasteiger partial charge in [-0.05, 0) is 33.4 Å². The molecule has 0 saturated heterocycles. The largest absolute Gasteiger partial charge is 0.306 e. The molecule has 0 radical (unpaired) electrons. The molecule has 0 N–H and O–H groups in total. The lowest BCUT2D eigenvalue weighted by Crippen LogP contribution is -1.91. The van der Waals surface area contributed by atoms with Gasteiger partial charge in [-0.25, -0.2) is 0 Å². The fourth-order valence-electron chi connectivity index (χ4n) is 1.17. The number of nitro groups is 1. The van der Waals surface area contributed by atoms with E-state index in [2.05, 4.69) is 15.9 Å². The summed E-state index contributed by atoms with van der Waals surface area (Å²) in [6, 6.07) is 4.45. The Labute approximate surface area is 90.4 Å². The van der Waals surface area contributed by atoms with Crippen molar-refractivity contribution in [1.82, 2.24) is 0 Å². The molecule has 3 nitrogen and oxygen atoms in total. The van der Waals surface area contributed by atoms with Gasteiger partial charge in [0.25, 0.3) is 0 Å². The molecule has 72 valence electrons. The molecule has 0 bridgehead atoms. The van der Waals surface area contributed by atoms with E-state index in [4.69, 9.17) is 0 Å². The highest BCUT2D eigenvalue weighted by molar-refractivity contribution is 9.11. The van der Waals surface area contributed by atoms with Crippen LogP contribution in [0.2, 0.25) is 0 Å². The van der Waals surface area contributed by atoms with E-state index in [0.29, 0.717) is 10.1 Å². The van der Waals surface area contributed by atoms with Gasteiger partial charge < -0.3 is 0 Å². The van der Waals surface area contributed by atoms with Gasteiger partial charge in [0.15, 0.2) is 0 Å². The number of halogens is 2. The van der Waals surface area contributed by atoms with Gasteiger partial charge in [0.2, 0.25) is 5.82 Å². The molecule has 0 fully saturated rings. The van der Waals surface area contributed by atoms with Crippen molar-refractivity contribution in [2.75, 3.05) is 0 Å². The minimum absolute atomic E-state index is 0.311. The zero-order valence-electron chi connectivity index (χ0n) is 6.66. The van der Waals surface area contributed by atoms with E-state index in [0.717, 1.165) is 15.1 Å². The summed E-state index contributed by atoms with van der Waals surface area (Å²) in [5.74, 6) is -0.761. The number of hydrogen-bond acceptors (Lipinski definition) is 3. The van der Waals surface area contributed by atoms with Crippen molar-refractivity contribution in [3.05, 3.63) is 37.9 Å². The smallest absolute Gasteiger partial charge is 0.258 e. The van der Waals surface area contributed by atoms with Gasteiger partial charge in [-0.3, -0.25) is 10.1 Å². The Kier molecular flexibility index (Phi) is 2.24. The summed E-state index contributed by atoms with van der Waals surface area (Å²) in [4.78, 5) is 9.71. The average Bonchev–Trinajstić information content (AvgIpc) is 2.46. The highest BCUT2D eigenvalue weighted by atomic mass is 79.9. The van der Waals surface area contributed by atoms with Crippen molar-refractivity contribution in [2.24, 2.45) is 0 Å². The Balaban J connectivity index is 2.80. The number of nitro benzene ring substituents is 1. The molecule has 1 heterocycles. The second-order valence-electron chi connectivity index (χ2n) is 2.62. The van der Waals surface area contributed by atoms with Crippen molar-refractivity contribution in [2.45, 2.75) is 0 Å². The zero-order valence-corrected chi connectivity index (χ0v) is 9.06. The van der Waals surface area contributed by atoms with Crippen LogP contribution < -0.4 is 0 Å². The first-order valence-electron chi connectivity index (χ1n) is 3.61. The summed E-state index contributed by atoms with van der Waals surface area (Å²) in [5, 5.41) is 11.1. The first-order chi connectivity index (χ1) is 6.59. The molecule has 0 saturated carbocycles. The van der Waals surface area contributed by atoms with E-state index in [1.807, 2.05) is 0 Å². The van der Waals surface area contributed by atoms with Crippen LogP contribution >= 0.6 is 27.3 Å². The fourth-order valence-corrected chi connectivity index (χ4v) is 2.72. The summed E-state index contributed by atoms with van der Waals surface area (Å²) in [6.07, 6.45) is 0. The van der Waals surface area contributed by atoms with E-state index < -0.39 is 16.4 Å². The maximum absolute atomic E-state index is 13.5. The molecule has 1 aromatic carbocycles. The molecule has 2 rings (SSSR count). The van der Waals surface area contributed by atoms with Crippen LogP contribution in [0.25, 0.3) is 10.1 Å². The molecule has 0 spiro atoms. The second kappa shape index (κ2) is 3.29. The molecular weight excluding hydrogens is 273 g/mol. The van der Waals surface area contributed by atoms with Gasteiger partial charge in [-0.2, -0.15) is 4.39 Å². The lowest BCUT2D eigenvalue weighted by atomic mass is 10.2. The van der Waals surface area contributed by atoms with Gasteiger partial charge in [0.1, 0.15) is 0 Å². The van der Waals surface area contributed by atoms with Crippen LogP contribution in [0.5, 0.6) is 0 Å². The molecule has 1 aromatic heterocycles. The van der Waals surface area contributed by atoms with E-state index in [9.17, 15) is 14.5 Å². The number of thiophene rings is 1.